The summed E-state index contributed by atoms with van der Waals surface area (Å²) in [6.07, 6.45) is 0. The first-order valence-corrected chi connectivity index (χ1v) is 6.91. The van der Waals surface area contributed by atoms with Crippen LogP contribution in [-0.4, -0.2) is 23.4 Å². The number of amides is 1. The lowest BCUT2D eigenvalue weighted by atomic mass is 10.2. The molecule has 0 atom stereocenters. The Balaban J connectivity index is 1.99. The highest BCUT2D eigenvalue weighted by Crippen LogP contribution is 2.22. The molecule has 0 unspecified atom stereocenters. The maximum Gasteiger partial charge on any atom is 0.340 e. The molecule has 0 bridgehead atoms. The average molecular weight is 353 g/mol. The Hall–Kier alpha value is -3.00. The average Bonchev–Trinajstić information content (AvgIpc) is 2.52. The van der Waals surface area contributed by atoms with Crippen LogP contribution in [0, 0.1) is 15.9 Å². The summed E-state index contributed by atoms with van der Waals surface area (Å²) in [5.41, 5.74) is -0.371. The number of carbonyl (C=O) groups excluding carboxylic acids is 2. The van der Waals surface area contributed by atoms with Crippen molar-refractivity contribution in [1.29, 1.82) is 0 Å². The fraction of sp³-hybridized carbons (Fsp3) is 0.0667. The number of nitrogens with one attached hydrogen (secondary N) is 1. The second kappa shape index (κ2) is 7.51. The summed E-state index contributed by atoms with van der Waals surface area (Å²) >= 11 is 5.79. The predicted molar refractivity (Wildman–Crippen MR) is 83.4 cm³/mol. The zero-order valence-electron chi connectivity index (χ0n) is 12.0. The molecule has 1 N–H and O–H groups in total. The van der Waals surface area contributed by atoms with Crippen LogP contribution in [0.5, 0.6) is 0 Å². The van der Waals surface area contributed by atoms with E-state index in [0.29, 0.717) is 0 Å². The topological polar surface area (TPSA) is 98.5 Å². The van der Waals surface area contributed by atoms with E-state index in [0.717, 1.165) is 18.2 Å². The van der Waals surface area contributed by atoms with Crippen molar-refractivity contribution in [2.45, 2.75) is 0 Å². The van der Waals surface area contributed by atoms with Gasteiger partial charge in [-0.15, -0.1) is 0 Å². The van der Waals surface area contributed by atoms with Gasteiger partial charge in [-0.05, 0) is 24.3 Å². The zero-order chi connectivity index (χ0) is 17.7. The van der Waals surface area contributed by atoms with Crippen molar-refractivity contribution in [2.24, 2.45) is 0 Å². The summed E-state index contributed by atoms with van der Waals surface area (Å²) in [5, 5.41) is 13.0. The van der Waals surface area contributed by atoms with Crippen LogP contribution in [0.2, 0.25) is 5.02 Å². The maximum atomic E-state index is 13.0. The number of hydrogen-bond acceptors (Lipinski definition) is 5. The molecule has 0 radical (unpaired) electrons. The molecule has 0 fully saturated rings. The van der Waals surface area contributed by atoms with Crippen LogP contribution in [0.25, 0.3) is 0 Å². The zero-order valence-corrected chi connectivity index (χ0v) is 12.7. The van der Waals surface area contributed by atoms with Crippen LogP contribution in [-0.2, 0) is 9.53 Å². The number of rotatable bonds is 5. The minimum atomic E-state index is -0.988. The molecule has 2 aromatic carbocycles. The van der Waals surface area contributed by atoms with Crippen LogP contribution < -0.4 is 5.32 Å². The standard InChI is InChI=1S/C15H10ClFN2O5/c16-13-5-4-11(19(22)23)7-12(13)15(21)24-8-14(20)18-10-3-1-2-9(17)6-10/h1-7H,8H2,(H,18,20). The van der Waals surface area contributed by atoms with Gasteiger partial charge in [-0.2, -0.15) is 0 Å². The molecule has 0 saturated carbocycles. The van der Waals surface area contributed by atoms with Crippen LogP contribution in [0.3, 0.4) is 0 Å². The number of benzene rings is 2. The number of carbonyl (C=O) groups is 2. The van der Waals surface area contributed by atoms with E-state index >= 15 is 0 Å². The number of nitro benzene ring substituents is 1. The number of nitrogens with zero attached hydrogens (tertiary/aromatic N) is 1. The Labute approximate surface area is 140 Å². The summed E-state index contributed by atoms with van der Waals surface area (Å²) < 4.78 is 17.8. The summed E-state index contributed by atoms with van der Waals surface area (Å²) in [4.78, 5) is 33.6. The van der Waals surface area contributed by atoms with Crippen molar-refractivity contribution in [2.75, 3.05) is 11.9 Å². The molecule has 24 heavy (non-hydrogen) atoms. The quantitative estimate of drug-likeness (QED) is 0.506. The largest absolute Gasteiger partial charge is 0.452 e. The maximum absolute atomic E-state index is 13.0. The predicted octanol–water partition coefficient (Wildman–Crippen LogP) is 3.18. The van der Waals surface area contributed by atoms with Crippen LogP contribution in [0.15, 0.2) is 42.5 Å². The second-order valence-corrected chi connectivity index (χ2v) is 4.96. The van der Waals surface area contributed by atoms with Gasteiger partial charge in [-0.1, -0.05) is 17.7 Å². The smallest absolute Gasteiger partial charge is 0.340 e. The highest BCUT2D eigenvalue weighted by atomic mass is 35.5. The fourth-order valence-electron chi connectivity index (χ4n) is 1.76. The fourth-order valence-corrected chi connectivity index (χ4v) is 1.95. The number of anilines is 1. The molecular formula is C15H10ClFN2O5. The molecule has 124 valence electrons. The van der Waals surface area contributed by atoms with Crippen molar-refractivity contribution in [3.63, 3.8) is 0 Å². The molecule has 2 aromatic rings. The SMILES string of the molecule is O=C(COC(=O)c1cc([N+](=O)[O-])ccc1Cl)Nc1cccc(F)c1. The van der Waals surface area contributed by atoms with Crippen LogP contribution >= 0.6 is 11.6 Å². The van der Waals surface area contributed by atoms with E-state index in [-0.39, 0.29) is 22.0 Å². The molecule has 0 aliphatic carbocycles. The van der Waals surface area contributed by atoms with Gasteiger partial charge in [0.25, 0.3) is 11.6 Å². The lowest BCUT2D eigenvalue weighted by molar-refractivity contribution is -0.384. The van der Waals surface area contributed by atoms with E-state index in [2.05, 4.69) is 5.32 Å². The van der Waals surface area contributed by atoms with Gasteiger partial charge in [0.15, 0.2) is 6.61 Å². The molecule has 0 aliphatic rings. The Morgan fingerprint density at radius 3 is 2.67 bits per heavy atom. The number of hydrogen-bond donors (Lipinski definition) is 1. The number of halogens is 2. The monoisotopic (exact) mass is 352 g/mol. The third-order valence-corrected chi connectivity index (χ3v) is 3.15. The number of nitro groups is 1. The molecular weight excluding hydrogens is 343 g/mol. The summed E-state index contributed by atoms with van der Waals surface area (Å²) in [7, 11) is 0. The molecule has 2 rings (SSSR count). The van der Waals surface area contributed by atoms with Gasteiger partial charge >= 0.3 is 5.97 Å². The van der Waals surface area contributed by atoms with Gasteiger partial charge in [-0.3, -0.25) is 14.9 Å². The molecule has 0 spiro atoms. The van der Waals surface area contributed by atoms with Crippen LogP contribution in [0.4, 0.5) is 15.8 Å². The molecule has 0 aliphatic heterocycles. The third-order valence-electron chi connectivity index (χ3n) is 2.82. The van der Waals surface area contributed by atoms with Gasteiger partial charge in [0.1, 0.15) is 5.82 Å². The van der Waals surface area contributed by atoms with E-state index in [1.54, 1.807) is 0 Å². The van der Waals surface area contributed by atoms with E-state index in [9.17, 15) is 24.1 Å². The summed E-state index contributed by atoms with van der Waals surface area (Å²) in [6, 6.07) is 8.44. The van der Waals surface area contributed by atoms with Gasteiger partial charge in [-0.25, -0.2) is 9.18 Å². The van der Waals surface area contributed by atoms with Gasteiger partial charge in [0.05, 0.1) is 15.5 Å². The van der Waals surface area contributed by atoms with E-state index in [1.165, 1.54) is 24.3 Å². The minimum absolute atomic E-state index is 0.0452. The second-order valence-electron chi connectivity index (χ2n) is 4.56. The number of non-ortho nitro benzene ring substituents is 1. The first-order valence-electron chi connectivity index (χ1n) is 6.53. The van der Waals surface area contributed by atoms with Crippen LogP contribution in [0.1, 0.15) is 10.4 Å². The first kappa shape index (κ1) is 17.4. The van der Waals surface area contributed by atoms with Gasteiger partial charge < -0.3 is 10.1 Å². The number of esters is 1. The molecule has 0 aromatic heterocycles. The summed E-state index contributed by atoms with van der Waals surface area (Å²) in [6.45, 7) is -0.658. The Kier molecular flexibility index (Phi) is 5.43. The number of ether oxygens (including phenoxy) is 1. The Morgan fingerprint density at radius 2 is 2.00 bits per heavy atom. The molecule has 0 heterocycles. The van der Waals surface area contributed by atoms with E-state index in [1.807, 2.05) is 0 Å². The van der Waals surface area contributed by atoms with Crippen molar-refractivity contribution in [3.8, 4) is 0 Å². The Morgan fingerprint density at radius 1 is 1.25 bits per heavy atom. The van der Waals surface area contributed by atoms with E-state index < -0.39 is 29.2 Å². The molecule has 1 amide bonds. The van der Waals surface area contributed by atoms with Gasteiger partial charge in [0, 0.05) is 17.8 Å². The van der Waals surface area contributed by atoms with Crippen molar-refractivity contribution < 1.29 is 23.6 Å². The molecule has 9 heteroatoms. The van der Waals surface area contributed by atoms with Crippen molar-refractivity contribution in [3.05, 3.63) is 69.0 Å². The molecule has 0 saturated heterocycles. The molecule has 7 nitrogen and oxygen atoms in total. The van der Waals surface area contributed by atoms with Crippen molar-refractivity contribution >= 4 is 34.9 Å². The normalized spacial score (nSPS) is 10.1. The highest BCUT2D eigenvalue weighted by molar-refractivity contribution is 6.33. The van der Waals surface area contributed by atoms with Gasteiger partial charge in [0.2, 0.25) is 0 Å². The third kappa shape index (κ3) is 4.50. The highest BCUT2D eigenvalue weighted by Gasteiger charge is 2.18. The summed E-state index contributed by atoms with van der Waals surface area (Å²) in [5.74, 6) is -2.22. The Bertz CT molecular complexity index is 812. The van der Waals surface area contributed by atoms with E-state index in [4.69, 9.17) is 16.3 Å². The lowest BCUT2D eigenvalue weighted by Crippen LogP contribution is -2.21. The van der Waals surface area contributed by atoms with Crippen molar-refractivity contribution in [1.82, 2.24) is 0 Å². The first-order chi connectivity index (χ1) is 11.4. The minimum Gasteiger partial charge on any atom is -0.452 e. The lowest BCUT2D eigenvalue weighted by Gasteiger charge is -2.07.